The summed E-state index contributed by atoms with van der Waals surface area (Å²) in [5.74, 6) is -1.30. The second-order valence-corrected chi connectivity index (χ2v) is 3.74. The molecule has 0 saturated heterocycles. The average molecular weight is 213 g/mol. The standard InChI is InChI=1S/C9H15N3O3/c10-7(13)4-3-6(8(11)14)12-9(15)5-1-2-5/h5-6H,1-4H2,(H2,10,13)(H2,11,14)(H,12,15)/t6-/m0/s1. The lowest BCUT2D eigenvalue weighted by molar-refractivity contribution is -0.128. The van der Waals surface area contributed by atoms with E-state index in [9.17, 15) is 14.4 Å². The minimum Gasteiger partial charge on any atom is -0.370 e. The molecule has 0 radical (unpaired) electrons. The second kappa shape index (κ2) is 4.77. The van der Waals surface area contributed by atoms with Crippen LogP contribution in [0.4, 0.5) is 0 Å². The summed E-state index contributed by atoms with van der Waals surface area (Å²) in [7, 11) is 0. The highest BCUT2D eigenvalue weighted by atomic mass is 16.2. The van der Waals surface area contributed by atoms with Gasteiger partial charge in [-0.3, -0.25) is 14.4 Å². The Morgan fingerprint density at radius 1 is 1.27 bits per heavy atom. The van der Waals surface area contributed by atoms with E-state index in [1.165, 1.54) is 0 Å². The maximum atomic E-state index is 11.3. The van der Waals surface area contributed by atoms with Crippen molar-refractivity contribution in [3.05, 3.63) is 0 Å². The molecule has 6 nitrogen and oxygen atoms in total. The van der Waals surface area contributed by atoms with Crippen LogP contribution in [0.15, 0.2) is 0 Å². The van der Waals surface area contributed by atoms with Crippen LogP contribution in [-0.4, -0.2) is 23.8 Å². The van der Waals surface area contributed by atoms with Crippen LogP contribution in [0.25, 0.3) is 0 Å². The molecule has 0 aromatic heterocycles. The fraction of sp³-hybridized carbons (Fsp3) is 0.667. The molecular weight excluding hydrogens is 198 g/mol. The first-order chi connectivity index (χ1) is 7.00. The highest BCUT2D eigenvalue weighted by Crippen LogP contribution is 2.28. The summed E-state index contributed by atoms with van der Waals surface area (Å²) in [4.78, 5) is 32.8. The molecule has 1 rings (SSSR count). The van der Waals surface area contributed by atoms with E-state index in [2.05, 4.69) is 5.32 Å². The summed E-state index contributed by atoms with van der Waals surface area (Å²) in [5, 5.41) is 2.51. The predicted octanol–water partition coefficient (Wildman–Crippen LogP) is -1.37. The molecule has 0 aliphatic heterocycles. The summed E-state index contributed by atoms with van der Waals surface area (Å²) >= 11 is 0. The molecule has 0 heterocycles. The molecule has 1 saturated carbocycles. The molecular formula is C9H15N3O3. The highest BCUT2D eigenvalue weighted by molar-refractivity contribution is 5.88. The number of amides is 3. The van der Waals surface area contributed by atoms with Gasteiger partial charge >= 0.3 is 0 Å². The molecule has 3 amide bonds. The number of hydrogen-bond acceptors (Lipinski definition) is 3. The minimum atomic E-state index is -0.786. The van der Waals surface area contributed by atoms with Crippen LogP contribution in [0.1, 0.15) is 25.7 Å². The molecule has 1 atom stereocenters. The van der Waals surface area contributed by atoms with Crippen molar-refractivity contribution < 1.29 is 14.4 Å². The van der Waals surface area contributed by atoms with Gasteiger partial charge in [0, 0.05) is 12.3 Å². The first-order valence-electron chi connectivity index (χ1n) is 4.88. The highest BCUT2D eigenvalue weighted by Gasteiger charge is 2.31. The van der Waals surface area contributed by atoms with Gasteiger partial charge in [0.2, 0.25) is 17.7 Å². The van der Waals surface area contributed by atoms with Crippen LogP contribution >= 0.6 is 0 Å². The van der Waals surface area contributed by atoms with Crippen molar-refractivity contribution in [3.8, 4) is 0 Å². The van der Waals surface area contributed by atoms with Crippen LogP contribution in [-0.2, 0) is 14.4 Å². The third-order valence-corrected chi connectivity index (χ3v) is 2.29. The van der Waals surface area contributed by atoms with Gasteiger partial charge in [0.25, 0.3) is 0 Å². The lowest BCUT2D eigenvalue weighted by Gasteiger charge is -2.14. The van der Waals surface area contributed by atoms with Crippen molar-refractivity contribution in [2.75, 3.05) is 0 Å². The summed E-state index contributed by atoms with van der Waals surface area (Å²) in [6.07, 6.45) is 1.92. The van der Waals surface area contributed by atoms with Gasteiger partial charge < -0.3 is 16.8 Å². The van der Waals surface area contributed by atoms with Gasteiger partial charge in [-0.05, 0) is 19.3 Å². The zero-order valence-corrected chi connectivity index (χ0v) is 8.36. The first kappa shape index (κ1) is 11.5. The van der Waals surface area contributed by atoms with Gasteiger partial charge in [0.15, 0.2) is 0 Å². The van der Waals surface area contributed by atoms with Gasteiger partial charge in [-0.25, -0.2) is 0 Å². The molecule has 0 unspecified atom stereocenters. The first-order valence-corrected chi connectivity index (χ1v) is 4.88. The van der Waals surface area contributed by atoms with Crippen molar-refractivity contribution in [2.24, 2.45) is 17.4 Å². The Hall–Kier alpha value is -1.59. The van der Waals surface area contributed by atoms with Crippen LogP contribution in [0.5, 0.6) is 0 Å². The number of carbonyl (C=O) groups is 3. The second-order valence-electron chi connectivity index (χ2n) is 3.74. The molecule has 1 aliphatic carbocycles. The van der Waals surface area contributed by atoms with Crippen molar-refractivity contribution in [2.45, 2.75) is 31.7 Å². The average Bonchev–Trinajstić information content (AvgIpc) is 2.93. The van der Waals surface area contributed by atoms with Gasteiger partial charge in [-0.2, -0.15) is 0 Å². The minimum absolute atomic E-state index is 0.0143. The van der Waals surface area contributed by atoms with Crippen molar-refractivity contribution in [3.63, 3.8) is 0 Å². The SMILES string of the molecule is NC(=O)CC[C@H](NC(=O)C1CC1)C(N)=O. The van der Waals surface area contributed by atoms with E-state index < -0.39 is 17.9 Å². The summed E-state index contributed by atoms with van der Waals surface area (Å²) in [5.41, 5.74) is 10.0. The lowest BCUT2D eigenvalue weighted by atomic mass is 10.1. The molecule has 15 heavy (non-hydrogen) atoms. The lowest BCUT2D eigenvalue weighted by Crippen LogP contribution is -2.45. The molecule has 0 aromatic carbocycles. The Morgan fingerprint density at radius 3 is 2.27 bits per heavy atom. The quantitative estimate of drug-likeness (QED) is 0.505. The van der Waals surface area contributed by atoms with Gasteiger partial charge in [0.05, 0.1) is 0 Å². The number of primary amides is 2. The Balaban J connectivity index is 2.38. The van der Waals surface area contributed by atoms with Gasteiger partial charge in [0.1, 0.15) is 6.04 Å². The van der Waals surface area contributed by atoms with Crippen molar-refractivity contribution >= 4 is 17.7 Å². The molecule has 1 aliphatic rings. The number of hydrogen-bond donors (Lipinski definition) is 3. The topological polar surface area (TPSA) is 115 Å². The molecule has 84 valence electrons. The molecule has 5 N–H and O–H groups in total. The van der Waals surface area contributed by atoms with Gasteiger partial charge in [-0.15, -0.1) is 0 Å². The Morgan fingerprint density at radius 2 is 1.87 bits per heavy atom. The summed E-state index contributed by atoms with van der Waals surface area (Å²) in [6.45, 7) is 0. The van der Waals surface area contributed by atoms with Crippen molar-refractivity contribution in [1.29, 1.82) is 0 Å². The Bertz CT molecular complexity index is 286. The van der Waals surface area contributed by atoms with Gasteiger partial charge in [-0.1, -0.05) is 0 Å². The molecule has 0 aromatic rings. The van der Waals surface area contributed by atoms with Crippen LogP contribution in [0.3, 0.4) is 0 Å². The maximum Gasteiger partial charge on any atom is 0.240 e. The van der Waals surface area contributed by atoms with Crippen LogP contribution in [0.2, 0.25) is 0 Å². The third kappa shape index (κ3) is 3.97. The predicted molar refractivity (Wildman–Crippen MR) is 52.3 cm³/mol. The van der Waals surface area contributed by atoms with E-state index in [4.69, 9.17) is 11.5 Å². The Kier molecular flexibility index (Phi) is 3.65. The number of carbonyl (C=O) groups excluding carboxylic acids is 3. The maximum absolute atomic E-state index is 11.3. The zero-order valence-electron chi connectivity index (χ0n) is 8.36. The molecule has 0 spiro atoms. The van der Waals surface area contributed by atoms with E-state index in [1.54, 1.807) is 0 Å². The fourth-order valence-corrected chi connectivity index (χ4v) is 1.21. The Labute approximate surface area is 87.4 Å². The van der Waals surface area contributed by atoms with Crippen molar-refractivity contribution in [1.82, 2.24) is 5.32 Å². The molecule has 1 fully saturated rings. The van der Waals surface area contributed by atoms with E-state index >= 15 is 0 Å². The summed E-state index contributed by atoms with van der Waals surface area (Å²) < 4.78 is 0. The number of nitrogens with two attached hydrogens (primary N) is 2. The zero-order chi connectivity index (χ0) is 11.4. The van der Waals surface area contributed by atoms with Crippen LogP contribution < -0.4 is 16.8 Å². The van der Waals surface area contributed by atoms with E-state index in [0.29, 0.717) is 0 Å². The van der Waals surface area contributed by atoms with E-state index in [1.807, 2.05) is 0 Å². The smallest absolute Gasteiger partial charge is 0.240 e. The fourth-order valence-electron chi connectivity index (χ4n) is 1.21. The molecule has 6 heteroatoms. The normalized spacial score (nSPS) is 16.8. The van der Waals surface area contributed by atoms with Crippen LogP contribution in [0, 0.1) is 5.92 Å². The largest absolute Gasteiger partial charge is 0.370 e. The third-order valence-electron chi connectivity index (χ3n) is 2.29. The summed E-state index contributed by atoms with van der Waals surface area (Å²) in [6, 6.07) is -0.786. The van der Waals surface area contributed by atoms with E-state index in [-0.39, 0.29) is 24.7 Å². The number of nitrogens with one attached hydrogen (secondary N) is 1. The molecule has 0 bridgehead atoms. The number of rotatable bonds is 6. The van der Waals surface area contributed by atoms with E-state index in [0.717, 1.165) is 12.8 Å². The monoisotopic (exact) mass is 213 g/mol.